The number of unbranched alkanes of at least 4 members (excludes halogenated alkanes) is 12. The molecule has 0 heterocycles. The molecule has 2 N–H and O–H groups in total. The van der Waals surface area contributed by atoms with Gasteiger partial charge in [-0.15, -0.1) is 0 Å². The number of hydrogen-bond acceptors (Lipinski definition) is 6. The Bertz CT molecular complexity index is 885. The van der Waals surface area contributed by atoms with Crippen LogP contribution in [0.5, 0.6) is 0 Å². The molecule has 276 valence electrons. The van der Waals surface area contributed by atoms with Crippen molar-refractivity contribution in [3.05, 3.63) is 60.8 Å². The predicted molar refractivity (Wildman–Crippen MR) is 202 cm³/mol. The van der Waals surface area contributed by atoms with Crippen molar-refractivity contribution < 1.29 is 29.3 Å². The Morgan fingerprint density at radius 3 is 1.48 bits per heavy atom. The maximum atomic E-state index is 12.0. The fourth-order valence-electron chi connectivity index (χ4n) is 5.12. The lowest BCUT2D eigenvalue weighted by Gasteiger charge is -2.12. The number of carbonyl (C=O) groups excluding carboxylic acids is 2. The molecule has 0 rings (SSSR count). The van der Waals surface area contributed by atoms with Crippen LogP contribution in [-0.4, -0.2) is 47.6 Å². The van der Waals surface area contributed by atoms with E-state index in [9.17, 15) is 19.8 Å². The maximum Gasteiger partial charge on any atom is 0.305 e. The summed E-state index contributed by atoms with van der Waals surface area (Å²) in [7, 11) is 0. The summed E-state index contributed by atoms with van der Waals surface area (Å²) in [6.07, 6.45) is 41.7. The lowest BCUT2D eigenvalue weighted by atomic mass is 10.0. The first-order valence-electron chi connectivity index (χ1n) is 19.3. The number of rotatable bonds is 33. The van der Waals surface area contributed by atoms with Crippen LogP contribution in [0.3, 0.4) is 0 Å². The third-order valence-corrected chi connectivity index (χ3v) is 8.05. The topological polar surface area (TPSA) is 93.1 Å². The van der Waals surface area contributed by atoms with E-state index in [1.54, 1.807) is 6.08 Å². The molecule has 6 heteroatoms. The molecule has 0 aromatic heterocycles. The van der Waals surface area contributed by atoms with E-state index in [2.05, 4.69) is 57.2 Å². The summed E-state index contributed by atoms with van der Waals surface area (Å²) < 4.78 is 10.2. The second-order valence-electron chi connectivity index (χ2n) is 13.4. The van der Waals surface area contributed by atoms with Gasteiger partial charge in [0.1, 0.15) is 19.3 Å². The quantitative estimate of drug-likeness (QED) is 0.0312. The van der Waals surface area contributed by atoms with Gasteiger partial charge in [0.05, 0.1) is 6.10 Å². The first kappa shape index (κ1) is 45.6. The van der Waals surface area contributed by atoms with E-state index in [4.69, 9.17) is 9.47 Å². The summed E-state index contributed by atoms with van der Waals surface area (Å²) >= 11 is 0. The molecule has 0 aliphatic heterocycles. The number of aliphatic hydroxyl groups excluding tert-OH is 2. The molecule has 48 heavy (non-hydrogen) atoms. The van der Waals surface area contributed by atoms with Crippen LogP contribution in [-0.2, 0) is 19.1 Å². The average molecular weight is 673 g/mol. The Balaban J connectivity index is 3.64. The van der Waals surface area contributed by atoms with Crippen molar-refractivity contribution in [1.82, 2.24) is 0 Å². The molecule has 0 amide bonds. The third kappa shape index (κ3) is 36.4. The Hall–Kier alpha value is -2.44. The Morgan fingerprint density at radius 1 is 0.542 bits per heavy atom. The fraction of sp³-hybridized carbons (Fsp3) is 0.714. The third-order valence-electron chi connectivity index (χ3n) is 8.05. The fourth-order valence-corrected chi connectivity index (χ4v) is 5.12. The standard InChI is InChI=1S/C42H72O6/c1-4-5-6-7-8-9-10-12-16-19-22-25-28-32-39(43)33-30-35-42(46)48-37-40(44)36-47-41(45)34-29-26-23-20-17-14-11-13-15-18-21-24-27-31-38(2)3/h5-6,8-9,12,16,22,25,28,32,38-40,43-44H,4,7,10-11,13-15,17-21,23-24,26-27,29-31,33-37H2,1-3H3/b6-5-,9-8-,16-12-,25-22-,32-28+/t39?,40-/m0/s1. The Labute approximate surface area is 294 Å². The Morgan fingerprint density at radius 2 is 0.979 bits per heavy atom. The van der Waals surface area contributed by atoms with Crippen molar-refractivity contribution in [3.63, 3.8) is 0 Å². The zero-order valence-corrected chi connectivity index (χ0v) is 31.0. The first-order valence-corrected chi connectivity index (χ1v) is 19.3. The van der Waals surface area contributed by atoms with Gasteiger partial charge in [0, 0.05) is 12.8 Å². The summed E-state index contributed by atoms with van der Waals surface area (Å²) in [6.45, 7) is 6.35. The molecule has 0 fully saturated rings. The largest absolute Gasteiger partial charge is 0.463 e. The number of allylic oxidation sites excluding steroid dienone is 9. The minimum absolute atomic E-state index is 0.153. The lowest BCUT2D eigenvalue weighted by Crippen LogP contribution is -2.25. The van der Waals surface area contributed by atoms with Gasteiger partial charge in [-0.2, -0.15) is 0 Å². The van der Waals surface area contributed by atoms with E-state index < -0.39 is 18.2 Å². The van der Waals surface area contributed by atoms with E-state index in [0.717, 1.165) is 50.9 Å². The van der Waals surface area contributed by atoms with Crippen LogP contribution in [0.4, 0.5) is 0 Å². The van der Waals surface area contributed by atoms with Crippen LogP contribution >= 0.6 is 0 Å². The molecule has 1 unspecified atom stereocenters. The van der Waals surface area contributed by atoms with E-state index in [1.165, 1.54) is 70.6 Å². The predicted octanol–water partition coefficient (Wildman–Crippen LogP) is 10.8. The number of carbonyl (C=O) groups is 2. The zero-order valence-electron chi connectivity index (χ0n) is 31.0. The number of ether oxygens (including phenoxy) is 2. The molecule has 0 saturated carbocycles. The lowest BCUT2D eigenvalue weighted by molar-refractivity contribution is -0.152. The number of esters is 2. The van der Waals surface area contributed by atoms with Gasteiger partial charge in [-0.1, -0.05) is 165 Å². The summed E-state index contributed by atoms with van der Waals surface area (Å²) in [5.41, 5.74) is 0. The molecule has 0 spiro atoms. The summed E-state index contributed by atoms with van der Waals surface area (Å²) in [5.74, 6) is 0.0732. The van der Waals surface area contributed by atoms with Gasteiger partial charge in [-0.25, -0.2) is 0 Å². The van der Waals surface area contributed by atoms with E-state index in [1.807, 2.05) is 18.2 Å². The molecule has 6 nitrogen and oxygen atoms in total. The highest BCUT2D eigenvalue weighted by Gasteiger charge is 2.12. The normalized spacial score (nSPS) is 13.6. The molecule has 0 aromatic rings. The van der Waals surface area contributed by atoms with Gasteiger partial charge < -0.3 is 19.7 Å². The smallest absolute Gasteiger partial charge is 0.305 e. The van der Waals surface area contributed by atoms with Crippen molar-refractivity contribution in [1.29, 1.82) is 0 Å². The molecule has 0 aliphatic rings. The second-order valence-corrected chi connectivity index (χ2v) is 13.4. The summed E-state index contributed by atoms with van der Waals surface area (Å²) in [5, 5.41) is 20.1. The minimum Gasteiger partial charge on any atom is -0.463 e. The highest BCUT2D eigenvalue weighted by molar-refractivity contribution is 5.69. The average Bonchev–Trinajstić information content (AvgIpc) is 3.06. The van der Waals surface area contributed by atoms with Gasteiger partial charge in [-0.05, 0) is 50.9 Å². The van der Waals surface area contributed by atoms with Gasteiger partial charge in [-0.3, -0.25) is 9.59 Å². The summed E-state index contributed by atoms with van der Waals surface area (Å²) in [6, 6.07) is 0. The molecule has 0 bridgehead atoms. The van der Waals surface area contributed by atoms with E-state index in [0.29, 0.717) is 19.3 Å². The van der Waals surface area contributed by atoms with Gasteiger partial charge in [0.15, 0.2) is 0 Å². The van der Waals surface area contributed by atoms with Gasteiger partial charge >= 0.3 is 11.9 Å². The Kier molecular flexibility index (Phi) is 34.0. The van der Waals surface area contributed by atoms with Crippen LogP contribution in [0.2, 0.25) is 0 Å². The minimum atomic E-state index is -1.04. The van der Waals surface area contributed by atoms with Gasteiger partial charge in [0.25, 0.3) is 0 Å². The highest BCUT2D eigenvalue weighted by atomic mass is 16.6. The van der Waals surface area contributed by atoms with E-state index in [-0.39, 0.29) is 25.6 Å². The molecule has 0 aromatic carbocycles. The SMILES string of the molecule is CC/C=C\C/C=C\C/C=C\C/C=C\C=C\C(O)CCCC(=O)OC[C@@H](O)COC(=O)CCCCCCCCCCCCCCCC(C)C. The zero-order chi connectivity index (χ0) is 35.3. The monoisotopic (exact) mass is 673 g/mol. The molecule has 0 radical (unpaired) electrons. The van der Waals surface area contributed by atoms with Crippen molar-refractivity contribution in [2.75, 3.05) is 13.2 Å². The maximum absolute atomic E-state index is 12.0. The van der Waals surface area contributed by atoms with Crippen molar-refractivity contribution in [2.24, 2.45) is 5.92 Å². The molecule has 0 aliphatic carbocycles. The highest BCUT2D eigenvalue weighted by Crippen LogP contribution is 2.15. The van der Waals surface area contributed by atoms with Crippen LogP contribution in [0.25, 0.3) is 0 Å². The van der Waals surface area contributed by atoms with Crippen LogP contribution in [0.15, 0.2) is 60.8 Å². The number of hydrogen-bond donors (Lipinski definition) is 2. The van der Waals surface area contributed by atoms with Crippen molar-refractivity contribution in [2.45, 2.75) is 174 Å². The van der Waals surface area contributed by atoms with Gasteiger partial charge in [0.2, 0.25) is 0 Å². The van der Waals surface area contributed by atoms with Crippen molar-refractivity contribution >= 4 is 11.9 Å². The van der Waals surface area contributed by atoms with Crippen molar-refractivity contribution in [3.8, 4) is 0 Å². The summed E-state index contributed by atoms with van der Waals surface area (Å²) in [4.78, 5) is 23.9. The molecule has 0 saturated heterocycles. The van der Waals surface area contributed by atoms with E-state index >= 15 is 0 Å². The van der Waals surface area contributed by atoms with Crippen LogP contribution in [0.1, 0.15) is 162 Å². The number of aliphatic hydroxyl groups is 2. The molecule has 2 atom stereocenters. The molecular weight excluding hydrogens is 600 g/mol. The van der Waals surface area contributed by atoms with Crippen LogP contribution < -0.4 is 0 Å². The second kappa shape index (κ2) is 35.9. The molecular formula is C42H72O6. The van der Waals surface area contributed by atoms with Crippen LogP contribution in [0, 0.1) is 5.92 Å². The first-order chi connectivity index (χ1) is 23.3.